The van der Waals surface area contributed by atoms with Gasteiger partial charge in [-0.05, 0) is 77.8 Å². The number of hydrogen-bond acceptors (Lipinski definition) is 8. The lowest BCUT2D eigenvalue weighted by Gasteiger charge is -2.28. The highest BCUT2D eigenvalue weighted by atomic mass is 16.8. The Labute approximate surface area is 277 Å². The van der Waals surface area contributed by atoms with Gasteiger partial charge in [0.1, 0.15) is 0 Å². The molecule has 0 fully saturated rings. The van der Waals surface area contributed by atoms with Crippen LogP contribution in [0.4, 0.5) is 0 Å². The molecule has 0 aliphatic heterocycles. The number of benzene rings is 1. The largest absolute Gasteiger partial charge is 0.478 e. The summed E-state index contributed by atoms with van der Waals surface area (Å²) in [5.41, 5.74) is -0.0126. The van der Waals surface area contributed by atoms with Crippen LogP contribution in [0, 0.1) is 11.8 Å². The first kappa shape index (κ1) is 41.9. The van der Waals surface area contributed by atoms with E-state index >= 15 is 0 Å². The van der Waals surface area contributed by atoms with Crippen LogP contribution in [0.15, 0.2) is 12.1 Å². The molecule has 0 aliphatic carbocycles. The van der Waals surface area contributed by atoms with Crippen LogP contribution in [0.3, 0.4) is 0 Å². The Balaban J connectivity index is 3.03. The number of rotatable bonds is 26. The minimum absolute atomic E-state index is 0.0329. The summed E-state index contributed by atoms with van der Waals surface area (Å²) < 4.78 is 35.7. The van der Waals surface area contributed by atoms with Gasteiger partial charge in [-0.25, -0.2) is 9.59 Å². The number of carbonyl (C=O) groups is 2. The van der Waals surface area contributed by atoms with Gasteiger partial charge >= 0.3 is 11.9 Å². The maximum Gasteiger partial charge on any atom is 0.336 e. The Morgan fingerprint density at radius 2 is 1.09 bits per heavy atom. The van der Waals surface area contributed by atoms with Crippen molar-refractivity contribution in [2.75, 3.05) is 13.2 Å². The fourth-order valence-corrected chi connectivity index (χ4v) is 5.56. The van der Waals surface area contributed by atoms with Gasteiger partial charge in [0.2, 0.25) is 0 Å². The van der Waals surface area contributed by atoms with Crippen LogP contribution < -0.4 is 0 Å². The molecule has 0 bridgehead atoms. The molecule has 0 aliphatic rings. The molecule has 0 radical (unpaired) electrons. The molecule has 2 N–H and O–H groups in total. The average Bonchev–Trinajstić information content (AvgIpc) is 2.99. The first-order valence-electron chi connectivity index (χ1n) is 17.3. The lowest BCUT2D eigenvalue weighted by atomic mass is 9.90. The van der Waals surface area contributed by atoms with Crippen molar-refractivity contribution in [3.8, 4) is 0 Å². The van der Waals surface area contributed by atoms with E-state index in [1.165, 1.54) is 12.1 Å². The number of hydrogen-bond donors (Lipinski definition) is 2. The normalized spacial score (nSPS) is 17.1. The average molecular weight is 655 g/mol. The van der Waals surface area contributed by atoms with E-state index in [2.05, 4.69) is 27.7 Å². The van der Waals surface area contributed by atoms with E-state index < -0.39 is 49.3 Å². The molecule has 1 rings (SSSR count). The van der Waals surface area contributed by atoms with Crippen LogP contribution >= 0.6 is 0 Å². The Hall–Kier alpha value is -2.08. The Morgan fingerprint density at radius 3 is 1.48 bits per heavy atom. The summed E-state index contributed by atoms with van der Waals surface area (Å²) in [4.78, 5) is 24.9. The molecule has 10 heteroatoms. The van der Waals surface area contributed by atoms with E-state index in [-0.39, 0.29) is 16.7 Å². The monoisotopic (exact) mass is 654 g/mol. The van der Waals surface area contributed by atoms with Crippen molar-refractivity contribution in [1.82, 2.24) is 0 Å². The summed E-state index contributed by atoms with van der Waals surface area (Å²) in [6, 6.07) is 2.86. The Bertz CT molecular complexity index is 1010. The molecule has 0 amide bonds. The third-order valence-corrected chi connectivity index (χ3v) is 8.34. The zero-order valence-corrected chi connectivity index (χ0v) is 30.0. The molecule has 1 aromatic rings. The summed E-state index contributed by atoms with van der Waals surface area (Å²) in [6.07, 6.45) is 4.54. The van der Waals surface area contributed by atoms with Crippen molar-refractivity contribution in [3.63, 3.8) is 0 Å². The summed E-state index contributed by atoms with van der Waals surface area (Å²) in [5.74, 6) is -1.65. The van der Waals surface area contributed by atoms with Gasteiger partial charge in [0.15, 0.2) is 25.2 Å². The molecule has 46 heavy (non-hydrogen) atoms. The number of aromatic carboxylic acids is 2. The second-order valence-corrected chi connectivity index (χ2v) is 12.2. The van der Waals surface area contributed by atoms with Crippen LogP contribution in [0.2, 0.25) is 0 Å². The number of unbranched alkanes of at least 4 members (excludes halogenated alkanes) is 2. The summed E-state index contributed by atoms with van der Waals surface area (Å²) in [6.45, 7) is 20.1. The van der Waals surface area contributed by atoms with Crippen molar-refractivity contribution >= 4 is 11.9 Å². The highest BCUT2D eigenvalue weighted by molar-refractivity contribution is 5.98. The van der Waals surface area contributed by atoms with Gasteiger partial charge in [-0.1, -0.05) is 72.3 Å². The minimum atomic E-state index is -1.29. The molecule has 10 nitrogen and oxygen atoms in total. The smallest absolute Gasteiger partial charge is 0.336 e. The maximum atomic E-state index is 12.7. The quantitative estimate of drug-likeness (QED) is 0.0933. The third kappa shape index (κ3) is 14.8. The van der Waals surface area contributed by atoms with Crippen LogP contribution in [-0.2, 0) is 28.4 Å². The van der Waals surface area contributed by atoms with Gasteiger partial charge in [-0.3, -0.25) is 0 Å². The number of ether oxygens (including phenoxy) is 6. The molecule has 8 unspecified atom stereocenters. The first-order valence-corrected chi connectivity index (χ1v) is 17.3. The molecule has 0 aromatic heterocycles. The van der Waals surface area contributed by atoms with Crippen LogP contribution in [0.1, 0.15) is 165 Å². The Kier molecular flexibility index (Phi) is 20.5. The molecule has 8 atom stereocenters. The molecular formula is C36H62O10. The second-order valence-electron chi connectivity index (χ2n) is 12.2. The zero-order valence-electron chi connectivity index (χ0n) is 30.0. The summed E-state index contributed by atoms with van der Waals surface area (Å²) >= 11 is 0. The lowest BCUT2D eigenvalue weighted by molar-refractivity contribution is -0.247. The van der Waals surface area contributed by atoms with E-state index in [0.717, 1.165) is 51.4 Å². The summed E-state index contributed by atoms with van der Waals surface area (Å²) in [7, 11) is 0. The standard InChI is InChI=1S/C36H62O10/c1-11-15-17-29(13-3)21-41-25(7)45-27(9)43-23(5)31-19-20-32(35(37)38)33(34(31)36(39)40)24(6)44-28(10)46-26(8)42-22-30(14-4)18-16-12-2/h19-20,23-30H,11-18,21-22H2,1-10H3,(H,37,38)(H,39,40). The highest BCUT2D eigenvalue weighted by Crippen LogP contribution is 2.34. The van der Waals surface area contributed by atoms with E-state index in [1.807, 2.05) is 6.92 Å². The van der Waals surface area contributed by atoms with Crippen molar-refractivity contribution in [2.24, 2.45) is 11.8 Å². The predicted molar refractivity (Wildman–Crippen MR) is 178 cm³/mol. The van der Waals surface area contributed by atoms with Gasteiger partial charge in [-0.15, -0.1) is 0 Å². The maximum absolute atomic E-state index is 12.7. The van der Waals surface area contributed by atoms with E-state index in [9.17, 15) is 19.8 Å². The third-order valence-electron chi connectivity index (χ3n) is 8.34. The molecule has 0 spiro atoms. The Morgan fingerprint density at radius 1 is 0.630 bits per heavy atom. The van der Waals surface area contributed by atoms with E-state index in [4.69, 9.17) is 28.4 Å². The lowest BCUT2D eigenvalue weighted by Crippen LogP contribution is -2.27. The van der Waals surface area contributed by atoms with Crippen LogP contribution in [0.5, 0.6) is 0 Å². The van der Waals surface area contributed by atoms with Gasteiger partial charge in [0.25, 0.3) is 0 Å². The minimum Gasteiger partial charge on any atom is -0.478 e. The molecule has 0 saturated carbocycles. The molecule has 0 heterocycles. The number of carboxylic acid groups (broad SMARTS) is 2. The molecule has 1 aromatic carbocycles. The number of carboxylic acids is 2. The van der Waals surface area contributed by atoms with Gasteiger partial charge in [-0.2, -0.15) is 0 Å². The van der Waals surface area contributed by atoms with Gasteiger partial charge in [0, 0.05) is 5.56 Å². The first-order chi connectivity index (χ1) is 21.8. The van der Waals surface area contributed by atoms with Crippen molar-refractivity contribution < 1.29 is 48.2 Å². The fourth-order valence-electron chi connectivity index (χ4n) is 5.56. The zero-order chi connectivity index (χ0) is 34.8. The predicted octanol–water partition coefficient (Wildman–Crippen LogP) is 9.12. The topological polar surface area (TPSA) is 130 Å². The van der Waals surface area contributed by atoms with Gasteiger partial charge < -0.3 is 38.6 Å². The van der Waals surface area contributed by atoms with Crippen molar-refractivity contribution in [3.05, 3.63) is 34.4 Å². The van der Waals surface area contributed by atoms with E-state index in [0.29, 0.717) is 30.6 Å². The molecule has 266 valence electrons. The second kappa shape index (κ2) is 22.5. The SMILES string of the molecule is CCCCC(CC)COC(C)OC(C)OC(C)c1ccc(C(=O)O)c(C(C)OC(C)OC(C)OCC(CC)CCCC)c1C(=O)O. The summed E-state index contributed by atoms with van der Waals surface area (Å²) in [5, 5.41) is 20.3. The highest BCUT2D eigenvalue weighted by Gasteiger charge is 2.30. The van der Waals surface area contributed by atoms with Crippen molar-refractivity contribution in [1.29, 1.82) is 0 Å². The fraction of sp³-hybridized carbons (Fsp3) is 0.778. The van der Waals surface area contributed by atoms with E-state index in [1.54, 1.807) is 34.6 Å². The van der Waals surface area contributed by atoms with Crippen LogP contribution in [-0.4, -0.2) is 60.5 Å². The van der Waals surface area contributed by atoms with Crippen LogP contribution in [0.25, 0.3) is 0 Å². The molecule has 0 saturated heterocycles. The van der Waals surface area contributed by atoms with Crippen molar-refractivity contribution in [2.45, 2.75) is 158 Å². The molecular weight excluding hydrogens is 592 g/mol. The van der Waals surface area contributed by atoms with Gasteiger partial charge in [0.05, 0.1) is 36.5 Å².